The predicted octanol–water partition coefficient (Wildman–Crippen LogP) is 3.14. The van der Waals surface area contributed by atoms with E-state index in [4.69, 9.17) is 4.42 Å². The highest BCUT2D eigenvalue weighted by molar-refractivity contribution is 5.78. The second kappa shape index (κ2) is 5.73. The van der Waals surface area contributed by atoms with E-state index in [0.29, 0.717) is 12.1 Å². The van der Waals surface area contributed by atoms with Gasteiger partial charge in [-0.2, -0.15) is 0 Å². The first-order chi connectivity index (χ1) is 10.4. The summed E-state index contributed by atoms with van der Waals surface area (Å²) in [5, 5.41) is 3.79. The number of likely N-dealkylation sites (tertiary alicyclic amines) is 1. The Morgan fingerprint density at radius 1 is 1.45 bits per heavy atom. The Kier molecular flexibility index (Phi) is 4.06. The van der Waals surface area contributed by atoms with Gasteiger partial charge in [0, 0.05) is 43.1 Å². The van der Waals surface area contributed by atoms with Crippen molar-refractivity contribution in [2.75, 3.05) is 13.1 Å². The zero-order valence-corrected chi connectivity index (χ0v) is 14.2. The predicted molar refractivity (Wildman–Crippen MR) is 86.5 cm³/mol. The molecule has 1 aromatic heterocycles. The molecule has 0 radical (unpaired) electrons. The molecule has 22 heavy (non-hydrogen) atoms. The van der Waals surface area contributed by atoms with Crippen LogP contribution < -0.4 is 5.32 Å². The fourth-order valence-electron chi connectivity index (χ4n) is 3.87. The summed E-state index contributed by atoms with van der Waals surface area (Å²) < 4.78 is 5.67. The van der Waals surface area contributed by atoms with Crippen LogP contribution in [0.2, 0.25) is 0 Å². The van der Waals surface area contributed by atoms with Crippen LogP contribution in [0.5, 0.6) is 0 Å². The van der Waals surface area contributed by atoms with Gasteiger partial charge in [-0.05, 0) is 24.3 Å². The van der Waals surface area contributed by atoms with Crippen LogP contribution in [0.1, 0.15) is 57.9 Å². The normalized spacial score (nSPS) is 27.2. The second-order valence-electron chi connectivity index (χ2n) is 7.99. The molecule has 1 aliphatic heterocycles. The molecule has 2 heterocycles. The quantitative estimate of drug-likeness (QED) is 0.933. The van der Waals surface area contributed by atoms with Gasteiger partial charge in [0.25, 0.3) is 0 Å². The molecule has 0 unspecified atom stereocenters. The Labute approximate surface area is 133 Å². The van der Waals surface area contributed by atoms with Crippen molar-refractivity contribution in [3.63, 3.8) is 0 Å². The lowest BCUT2D eigenvalue weighted by Crippen LogP contribution is -2.41. The Morgan fingerprint density at radius 3 is 2.95 bits per heavy atom. The maximum absolute atomic E-state index is 12.1. The summed E-state index contributed by atoms with van der Waals surface area (Å²) in [5.41, 5.74) is 1.57. The first-order valence-electron chi connectivity index (χ1n) is 8.47. The third-order valence-electron chi connectivity index (χ3n) is 4.98. The fourth-order valence-corrected chi connectivity index (χ4v) is 3.87. The summed E-state index contributed by atoms with van der Waals surface area (Å²) in [6.45, 7) is 10.3. The molecule has 0 saturated carbocycles. The van der Waals surface area contributed by atoms with Crippen molar-refractivity contribution in [2.45, 2.75) is 59.0 Å². The van der Waals surface area contributed by atoms with Crippen LogP contribution in [0.25, 0.3) is 0 Å². The number of nitrogens with zero attached hydrogens (tertiary/aromatic N) is 1. The molecular weight excluding hydrogens is 276 g/mol. The maximum Gasteiger partial charge on any atom is 0.225 e. The molecule has 2 atom stereocenters. The summed E-state index contributed by atoms with van der Waals surface area (Å²) in [7, 11) is 0. The maximum atomic E-state index is 12.1. The highest BCUT2D eigenvalue weighted by Gasteiger charge is 2.36. The number of amides is 1. The topological polar surface area (TPSA) is 45.5 Å². The average molecular weight is 304 g/mol. The van der Waals surface area contributed by atoms with Gasteiger partial charge in [0.15, 0.2) is 0 Å². The van der Waals surface area contributed by atoms with Gasteiger partial charge in [0.2, 0.25) is 5.91 Å². The number of nitrogens with one attached hydrogen (secondary N) is 1. The van der Waals surface area contributed by atoms with Crippen molar-refractivity contribution in [1.82, 2.24) is 10.2 Å². The first-order valence-corrected chi connectivity index (χ1v) is 8.47. The van der Waals surface area contributed by atoms with Gasteiger partial charge in [-0.15, -0.1) is 0 Å². The third-order valence-corrected chi connectivity index (χ3v) is 4.98. The average Bonchev–Trinajstić information content (AvgIpc) is 3.05. The number of fused-ring (bicyclic) bond motifs is 1. The molecule has 0 spiro atoms. The summed E-state index contributed by atoms with van der Waals surface area (Å²) in [4.78, 5) is 14.1. The van der Waals surface area contributed by atoms with Gasteiger partial charge >= 0.3 is 0 Å². The van der Waals surface area contributed by atoms with Crippen LogP contribution in [-0.4, -0.2) is 29.9 Å². The monoisotopic (exact) mass is 304 g/mol. The third kappa shape index (κ3) is 3.07. The molecule has 4 heteroatoms. The van der Waals surface area contributed by atoms with Crippen molar-refractivity contribution in [3.8, 4) is 0 Å². The molecule has 0 aromatic carbocycles. The molecule has 1 fully saturated rings. The van der Waals surface area contributed by atoms with Gasteiger partial charge in [0.1, 0.15) is 5.76 Å². The van der Waals surface area contributed by atoms with Gasteiger partial charge in [-0.25, -0.2) is 0 Å². The van der Waals surface area contributed by atoms with Crippen LogP contribution in [-0.2, 0) is 11.2 Å². The van der Waals surface area contributed by atoms with E-state index < -0.39 is 0 Å². The zero-order valence-electron chi connectivity index (χ0n) is 14.2. The molecule has 3 rings (SSSR count). The summed E-state index contributed by atoms with van der Waals surface area (Å²) in [6, 6.07) is 2.84. The molecule has 0 bridgehead atoms. The second-order valence-corrected chi connectivity index (χ2v) is 7.99. The summed E-state index contributed by atoms with van der Waals surface area (Å²) in [5.74, 6) is 1.49. The number of carbonyl (C=O) groups excluding carboxylic acids is 1. The Morgan fingerprint density at radius 2 is 2.23 bits per heavy atom. The standard InChI is InChI=1S/C18H28N2O2/c1-12(2)17(21)20-7-5-13(11-20)19-15-9-18(3,4)10-16-14(15)6-8-22-16/h6,8,12-13,15,19H,5,7,9-11H2,1-4H3/t13-,15-/m0/s1. The van der Waals surface area contributed by atoms with E-state index in [0.717, 1.165) is 38.1 Å². The first kappa shape index (κ1) is 15.6. The van der Waals surface area contributed by atoms with Gasteiger partial charge in [0.05, 0.1) is 6.26 Å². The number of furan rings is 1. The van der Waals surface area contributed by atoms with E-state index in [1.165, 1.54) is 5.56 Å². The van der Waals surface area contributed by atoms with Gasteiger partial charge in [-0.3, -0.25) is 4.79 Å². The molecule has 2 aliphatic rings. The number of hydrogen-bond donors (Lipinski definition) is 1. The van der Waals surface area contributed by atoms with Crippen LogP contribution in [0, 0.1) is 11.3 Å². The minimum absolute atomic E-state index is 0.0906. The SMILES string of the molecule is CC(C)C(=O)N1CC[C@H](N[C@H]2CC(C)(C)Cc3occc32)C1. The minimum Gasteiger partial charge on any atom is -0.469 e. The van der Waals surface area contributed by atoms with Crippen molar-refractivity contribution >= 4 is 5.91 Å². The van der Waals surface area contributed by atoms with Crippen LogP contribution in [0.15, 0.2) is 16.7 Å². The van der Waals surface area contributed by atoms with Crippen LogP contribution in [0.3, 0.4) is 0 Å². The largest absolute Gasteiger partial charge is 0.469 e. The van der Waals surface area contributed by atoms with Gasteiger partial charge < -0.3 is 14.6 Å². The summed E-state index contributed by atoms with van der Waals surface area (Å²) >= 11 is 0. The van der Waals surface area contributed by atoms with Crippen molar-refractivity contribution in [3.05, 3.63) is 23.7 Å². The molecule has 1 aromatic rings. The lowest BCUT2D eigenvalue weighted by molar-refractivity contribution is -0.133. The van der Waals surface area contributed by atoms with E-state index in [-0.39, 0.29) is 17.2 Å². The van der Waals surface area contributed by atoms with E-state index in [9.17, 15) is 4.79 Å². The van der Waals surface area contributed by atoms with Crippen molar-refractivity contribution < 1.29 is 9.21 Å². The number of carbonyl (C=O) groups is 1. The lowest BCUT2D eigenvalue weighted by atomic mass is 9.74. The number of rotatable bonds is 3. The molecular formula is C18H28N2O2. The smallest absolute Gasteiger partial charge is 0.225 e. The Hall–Kier alpha value is -1.29. The highest BCUT2D eigenvalue weighted by atomic mass is 16.3. The lowest BCUT2D eigenvalue weighted by Gasteiger charge is -2.36. The highest BCUT2D eigenvalue weighted by Crippen LogP contribution is 2.41. The molecule has 1 N–H and O–H groups in total. The van der Waals surface area contributed by atoms with E-state index in [1.54, 1.807) is 0 Å². The Bertz CT molecular complexity index is 547. The molecule has 4 nitrogen and oxygen atoms in total. The summed E-state index contributed by atoms with van der Waals surface area (Å²) in [6.07, 6.45) is 4.98. The van der Waals surface area contributed by atoms with E-state index in [2.05, 4.69) is 25.2 Å². The molecule has 1 saturated heterocycles. The minimum atomic E-state index is 0.0906. The van der Waals surface area contributed by atoms with Crippen LogP contribution in [0.4, 0.5) is 0 Å². The zero-order chi connectivity index (χ0) is 15.9. The van der Waals surface area contributed by atoms with Crippen LogP contribution >= 0.6 is 0 Å². The Balaban J connectivity index is 1.66. The molecule has 122 valence electrons. The fraction of sp³-hybridized carbons (Fsp3) is 0.722. The van der Waals surface area contributed by atoms with E-state index in [1.807, 2.05) is 25.0 Å². The molecule has 1 amide bonds. The van der Waals surface area contributed by atoms with Gasteiger partial charge in [-0.1, -0.05) is 27.7 Å². The van der Waals surface area contributed by atoms with Crippen molar-refractivity contribution in [1.29, 1.82) is 0 Å². The van der Waals surface area contributed by atoms with E-state index >= 15 is 0 Å². The molecule has 1 aliphatic carbocycles. The van der Waals surface area contributed by atoms with Crippen molar-refractivity contribution in [2.24, 2.45) is 11.3 Å². The number of hydrogen-bond acceptors (Lipinski definition) is 3.